The van der Waals surface area contributed by atoms with Crippen LogP contribution in [0.15, 0.2) is 77.6 Å². The van der Waals surface area contributed by atoms with E-state index in [4.69, 9.17) is 14.0 Å². The zero-order valence-corrected chi connectivity index (χ0v) is 18.2. The van der Waals surface area contributed by atoms with Crippen molar-refractivity contribution in [2.75, 3.05) is 7.11 Å². The maximum absolute atomic E-state index is 12.3. The van der Waals surface area contributed by atoms with E-state index >= 15 is 0 Å². The summed E-state index contributed by atoms with van der Waals surface area (Å²) in [5.74, 6) is 2.06. The highest BCUT2D eigenvalue weighted by Crippen LogP contribution is 2.29. The van der Waals surface area contributed by atoms with Crippen LogP contribution in [0.2, 0.25) is 0 Å². The quantitative estimate of drug-likeness (QED) is 0.395. The van der Waals surface area contributed by atoms with Gasteiger partial charge in [-0.1, -0.05) is 41.6 Å². The summed E-state index contributed by atoms with van der Waals surface area (Å²) in [4.78, 5) is 20.6. The van der Waals surface area contributed by atoms with Crippen LogP contribution in [-0.2, 0) is 24.4 Å². The molecule has 0 unspecified atom stereocenters. The monoisotopic (exact) mass is 444 g/mol. The Bertz CT molecular complexity index is 1180. The molecule has 4 rings (SSSR count). The molecule has 0 spiro atoms. The fourth-order valence-corrected chi connectivity index (χ4v) is 3.16. The van der Waals surface area contributed by atoms with Gasteiger partial charge in [0.2, 0.25) is 17.6 Å². The van der Waals surface area contributed by atoms with Crippen LogP contribution in [0.3, 0.4) is 0 Å². The lowest BCUT2D eigenvalue weighted by Crippen LogP contribution is -2.23. The van der Waals surface area contributed by atoms with Crippen molar-refractivity contribution in [3.63, 3.8) is 0 Å². The van der Waals surface area contributed by atoms with E-state index in [2.05, 4.69) is 20.4 Å². The predicted octanol–water partition coefficient (Wildman–Crippen LogP) is 3.97. The number of carbonyl (C=O) groups excluding carboxylic acids is 1. The number of nitrogens with one attached hydrogen (secondary N) is 1. The number of ether oxygens (including phenoxy) is 2. The van der Waals surface area contributed by atoms with Gasteiger partial charge < -0.3 is 19.3 Å². The largest absolute Gasteiger partial charge is 0.493 e. The molecule has 0 saturated carbocycles. The van der Waals surface area contributed by atoms with E-state index in [-0.39, 0.29) is 12.3 Å². The Hall–Kier alpha value is -4.20. The molecule has 0 atom stereocenters. The van der Waals surface area contributed by atoms with Gasteiger partial charge in [0.05, 0.1) is 7.11 Å². The van der Waals surface area contributed by atoms with Gasteiger partial charge in [0, 0.05) is 37.3 Å². The van der Waals surface area contributed by atoms with Crippen LogP contribution in [0.25, 0.3) is 11.4 Å². The van der Waals surface area contributed by atoms with E-state index in [0.717, 1.165) is 16.7 Å². The molecular weight excluding hydrogens is 420 g/mol. The molecule has 168 valence electrons. The van der Waals surface area contributed by atoms with Crippen molar-refractivity contribution in [3.05, 3.63) is 90.1 Å². The molecule has 1 amide bonds. The third-order valence-electron chi connectivity index (χ3n) is 4.93. The van der Waals surface area contributed by atoms with Gasteiger partial charge in [-0.15, -0.1) is 0 Å². The van der Waals surface area contributed by atoms with Gasteiger partial charge in [-0.25, -0.2) is 0 Å². The molecular formula is C25H24N4O4. The minimum Gasteiger partial charge on any atom is -0.493 e. The van der Waals surface area contributed by atoms with Crippen molar-refractivity contribution in [1.29, 1.82) is 0 Å². The minimum atomic E-state index is -0.109. The molecule has 2 aromatic heterocycles. The Morgan fingerprint density at radius 2 is 1.82 bits per heavy atom. The topological polar surface area (TPSA) is 99.4 Å². The van der Waals surface area contributed by atoms with Crippen molar-refractivity contribution < 1.29 is 18.8 Å². The number of hydrogen-bond donors (Lipinski definition) is 1. The molecule has 0 aliphatic heterocycles. The van der Waals surface area contributed by atoms with Crippen LogP contribution in [0.4, 0.5) is 0 Å². The summed E-state index contributed by atoms with van der Waals surface area (Å²) in [6.45, 7) is 0.825. The Balaban J connectivity index is 1.26. The number of methoxy groups -OCH3 is 1. The molecule has 0 aliphatic rings. The summed E-state index contributed by atoms with van der Waals surface area (Å²) in [5.41, 5.74) is 2.80. The Labute approximate surface area is 191 Å². The summed E-state index contributed by atoms with van der Waals surface area (Å²) in [7, 11) is 1.59. The number of aryl methyl sites for hydroxylation is 1. The highest BCUT2D eigenvalue weighted by Gasteiger charge is 2.11. The van der Waals surface area contributed by atoms with Gasteiger partial charge >= 0.3 is 0 Å². The number of nitrogens with zero attached hydrogens (tertiary/aromatic N) is 3. The van der Waals surface area contributed by atoms with Crippen LogP contribution < -0.4 is 14.8 Å². The Morgan fingerprint density at radius 3 is 2.61 bits per heavy atom. The maximum Gasteiger partial charge on any atom is 0.227 e. The lowest BCUT2D eigenvalue weighted by atomic mass is 10.2. The number of benzene rings is 2. The minimum absolute atomic E-state index is 0.109. The second-order valence-corrected chi connectivity index (χ2v) is 7.28. The molecule has 0 aliphatic carbocycles. The van der Waals surface area contributed by atoms with E-state index in [1.165, 1.54) is 0 Å². The highest BCUT2D eigenvalue weighted by molar-refractivity contribution is 5.76. The normalized spacial score (nSPS) is 10.6. The van der Waals surface area contributed by atoms with Gasteiger partial charge in [0.1, 0.15) is 6.61 Å². The zero-order chi connectivity index (χ0) is 22.9. The summed E-state index contributed by atoms with van der Waals surface area (Å²) < 4.78 is 16.6. The lowest BCUT2D eigenvalue weighted by Gasteiger charge is -2.13. The molecule has 33 heavy (non-hydrogen) atoms. The molecule has 2 aromatic carbocycles. The van der Waals surface area contributed by atoms with Gasteiger partial charge in [0.15, 0.2) is 11.5 Å². The summed E-state index contributed by atoms with van der Waals surface area (Å²) in [5, 5.41) is 6.85. The molecule has 8 nitrogen and oxygen atoms in total. The molecule has 1 N–H and O–H groups in total. The third kappa shape index (κ3) is 6.16. The van der Waals surface area contributed by atoms with Crippen LogP contribution in [-0.4, -0.2) is 28.1 Å². The number of hydrogen-bond acceptors (Lipinski definition) is 7. The molecule has 8 heteroatoms. The van der Waals surface area contributed by atoms with Crippen LogP contribution in [0, 0.1) is 0 Å². The molecule has 2 heterocycles. The van der Waals surface area contributed by atoms with Gasteiger partial charge in [-0.2, -0.15) is 4.98 Å². The van der Waals surface area contributed by atoms with Crippen molar-refractivity contribution >= 4 is 5.91 Å². The molecule has 0 fully saturated rings. The first-order valence-electron chi connectivity index (χ1n) is 10.5. The third-order valence-corrected chi connectivity index (χ3v) is 4.93. The first-order chi connectivity index (χ1) is 16.2. The van der Waals surface area contributed by atoms with Crippen molar-refractivity contribution in [2.24, 2.45) is 0 Å². The Kier molecular flexibility index (Phi) is 7.27. The SMILES string of the molecule is COc1cc(CNC(=O)CCc2nc(-c3ccncc3)no2)ccc1OCc1ccccc1. The molecule has 0 bridgehead atoms. The van der Waals surface area contributed by atoms with E-state index in [1.54, 1.807) is 31.6 Å². The molecule has 0 radical (unpaired) electrons. The van der Waals surface area contributed by atoms with E-state index < -0.39 is 0 Å². The van der Waals surface area contributed by atoms with Crippen molar-refractivity contribution in [3.8, 4) is 22.9 Å². The summed E-state index contributed by atoms with van der Waals surface area (Å²) in [6.07, 6.45) is 3.93. The van der Waals surface area contributed by atoms with E-state index in [1.807, 2.05) is 48.5 Å². The predicted molar refractivity (Wildman–Crippen MR) is 121 cm³/mol. The number of amides is 1. The molecule has 4 aromatic rings. The maximum atomic E-state index is 12.3. The van der Waals surface area contributed by atoms with E-state index in [0.29, 0.717) is 42.8 Å². The van der Waals surface area contributed by atoms with Gasteiger partial charge in [-0.05, 0) is 35.4 Å². The molecule has 0 saturated heterocycles. The van der Waals surface area contributed by atoms with Crippen LogP contribution >= 0.6 is 0 Å². The second kappa shape index (κ2) is 10.9. The average Bonchev–Trinajstić information content (AvgIpc) is 3.35. The lowest BCUT2D eigenvalue weighted by molar-refractivity contribution is -0.121. The fourth-order valence-electron chi connectivity index (χ4n) is 3.16. The number of aromatic nitrogens is 3. The first-order valence-corrected chi connectivity index (χ1v) is 10.5. The highest BCUT2D eigenvalue weighted by atomic mass is 16.5. The van der Waals surface area contributed by atoms with Crippen LogP contribution in [0.1, 0.15) is 23.4 Å². The van der Waals surface area contributed by atoms with Gasteiger partial charge in [0.25, 0.3) is 0 Å². The fraction of sp³-hybridized carbons (Fsp3) is 0.200. The van der Waals surface area contributed by atoms with Crippen molar-refractivity contribution in [2.45, 2.75) is 26.0 Å². The van der Waals surface area contributed by atoms with Crippen LogP contribution in [0.5, 0.6) is 11.5 Å². The standard InChI is InChI=1S/C25H24N4O4/c1-31-22-15-19(7-8-21(22)32-17-18-5-3-2-4-6-18)16-27-23(30)9-10-24-28-25(29-33-24)20-11-13-26-14-12-20/h2-8,11-15H,9-10,16-17H2,1H3,(H,27,30). The first kappa shape index (κ1) is 22.0. The average molecular weight is 444 g/mol. The zero-order valence-electron chi connectivity index (χ0n) is 18.2. The van der Waals surface area contributed by atoms with Crippen molar-refractivity contribution in [1.82, 2.24) is 20.4 Å². The smallest absolute Gasteiger partial charge is 0.227 e. The number of rotatable bonds is 10. The number of pyridine rings is 1. The van der Waals surface area contributed by atoms with Gasteiger partial charge in [-0.3, -0.25) is 9.78 Å². The van der Waals surface area contributed by atoms with E-state index in [9.17, 15) is 4.79 Å². The second-order valence-electron chi connectivity index (χ2n) is 7.28. The number of carbonyl (C=O) groups is 1. The summed E-state index contributed by atoms with van der Waals surface area (Å²) >= 11 is 0. The Morgan fingerprint density at radius 1 is 1.00 bits per heavy atom. The summed E-state index contributed by atoms with van der Waals surface area (Å²) in [6, 6.07) is 19.1.